The van der Waals surface area contributed by atoms with Crippen molar-refractivity contribution in [3.63, 3.8) is 0 Å². The van der Waals surface area contributed by atoms with Crippen molar-refractivity contribution < 1.29 is 13.5 Å². The van der Waals surface area contributed by atoms with Crippen LogP contribution < -0.4 is 10.5 Å². The fourth-order valence-corrected chi connectivity index (χ4v) is 2.16. The van der Waals surface area contributed by atoms with E-state index in [9.17, 15) is 8.78 Å². The van der Waals surface area contributed by atoms with E-state index < -0.39 is 6.43 Å². The van der Waals surface area contributed by atoms with Crippen LogP contribution in [0.25, 0.3) is 11.3 Å². The minimum absolute atomic E-state index is 0.0708. The number of aromatic amines is 1. The maximum atomic E-state index is 13.2. The van der Waals surface area contributed by atoms with Crippen molar-refractivity contribution in [3.05, 3.63) is 30.2 Å². The van der Waals surface area contributed by atoms with Gasteiger partial charge in [-0.2, -0.15) is 5.10 Å². The van der Waals surface area contributed by atoms with Gasteiger partial charge in [0, 0.05) is 17.8 Å². The van der Waals surface area contributed by atoms with Crippen LogP contribution in [0.3, 0.4) is 0 Å². The van der Waals surface area contributed by atoms with E-state index in [1.54, 1.807) is 12.3 Å². The number of nitrogens with one attached hydrogen (secondary N) is 1. The van der Waals surface area contributed by atoms with Gasteiger partial charge >= 0.3 is 0 Å². The quantitative estimate of drug-likeness (QED) is 0.823. The number of hydrogen-bond donors (Lipinski definition) is 2. The van der Waals surface area contributed by atoms with Crippen molar-refractivity contribution in [1.29, 1.82) is 0 Å². The third-order valence-corrected chi connectivity index (χ3v) is 3.11. The molecular formula is C15H20F2N4O. The van der Waals surface area contributed by atoms with E-state index >= 15 is 0 Å². The lowest BCUT2D eigenvalue weighted by Crippen LogP contribution is -2.29. The Hall–Kier alpha value is -2.02. The van der Waals surface area contributed by atoms with Crippen LogP contribution in [0.1, 0.15) is 32.4 Å². The van der Waals surface area contributed by atoms with E-state index in [4.69, 9.17) is 10.5 Å². The Kier molecular flexibility index (Phi) is 5.43. The highest BCUT2D eigenvalue weighted by molar-refractivity contribution is 5.58. The van der Waals surface area contributed by atoms with Crippen LogP contribution in [0.2, 0.25) is 0 Å². The Morgan fingerprint density at radius 1 is 1.32 bits per heavy atom. The van der Waals surface area contributed by atoms with Crippen LogP contribution in [0.4, 0.5) is 8.78 Å². The van der Waals surface area contributed by atoms with Gasteiger partial charge in [0.25, 0.3) is 6.43 Å². The Bertz CT molecular complexity index is 587. The third-order valence-electron chi connectivity index (χ3n) is 3.11. The lowest BCUT2D eigenvalue weighted by molar-refractivity contribution is 0.138. The Balaban J connectivity index is 2.14. The van der Waals surface area contributed by atoms with Gasteiger partial charge in [0.15, 0.2) is 0 Å². The summed E-state index contributed by atoms with van der Waals surface area (Å²) in [6.07, 6.45) is 1.17. The number of nitrogens with two attached hydrogens (primary N) is 1. The van der Waals surface area contributed by atoms with Crippen molar-refractivity contribution in [2.75, 3.05) is 6.61 Å². The predicted molar refractivity (Wildman–Crippen MR) is 79.7 cm³/mol. The zero-order chi connectivity index (χ0) is 16.1. The van der Waals surface area contributed by atoms with E-state index in [1.165, 1.54) is 12.3 Å². The molecule has 0 saturated heterocycles. The molecule has 5 nitrogen and oxygen atoms in total. The van der Waals surface area contributed by atoms with Crippen LogP contribution >= 0.6 is 0 Å². The minimum atomic E-state index is -2.72. The first-order valence-corrected chi connectivity index (χ1v) is 7.14. The van der Waals surface area contributed by atoms with Crippen molar-refractivity contribution in [3.8, 4) is 17.0 Å². The molecule has 7 heteroatoms. The fourth-order valence-electron chi connectivity index (χ4n) is 2.16. The highest BCUT2D eigenvalue weighted by Crippen LogP contribution is 2.30. The summed E-state index contributed by atoms with van der Waals surface area (Å²) in [5.74, 6) is 0.496. The molecule has 0 radical (unpaired) electrons. The second-order valence-electron chi connectivity index (χ2n) is 5.57. The Labute approximate surface area is 127 Å². The molecule has 0 spiro atoms. The smallest absolute Gasteiger partial charge is 0.284 e. The average molecular weight is 310 g/mol. The summed E-state index contributed by atoms with van der Waals surface area (Å²) in [5.41, 5.74) is 6.59. The minimum Gasteiger partial charge on any atom is -0.490 e. The molecule has 0 aromatic carbocycles. The molecule has 22 heavy (non-hydrogen) atoms. The second-order valence-corrected chi connectivity index (χ2v) is 5.57. The maximum absolute atomic E-state index is 13.2. The molecule has 1 atom stereocenters. The number of halogens is 2. The van der Waals surface area contributed by atoms with Crippen LogP contribution in [-0.4, -0.2) is 27.8 Å². The van der Waals surface area contributed by atoms with Gasteiger partial charge in [0.2, 0.25) is 0 Å². The zero-order valence-corrected chi connectivity index (χ0v) is 12.6. The summed E-state index contributed by atoms with van der Waals surface area (Å²) in [6.45, 7) is 4.28. The molecule has 0 aliphatic carbocycles. The molecule has 2 rings (SSSR count). The van der Waals surface area contributed by atoms with Gasteiger partial charge < -0.3 is 10.5 Å². The highest BCUT2D eigenvalue weighted by Gasteiger charge is 2.19. The number of pyridine rings is 1. The summed E-state index contributed by atoms with van der Waals surface area (Å²) >= 11 is 0. The van der Waals surface area contributed by atoms with Crippen LogP contribution in [-0.2, 0) is 0 Å². The monoisotopic (exact) mass is 310 g/mol. The van der Waals surface area contributed by atoms with E-state index in [1.807, 2.05) is 13.8 Å². The van der Waals surface area contributed by atoms with Gasteiger partial charge in [-0.3, -0.25) is 5.10 Å². The van der Waals surface area contributed by atoms with E-state index in [0.29, 0.717) is 17.2 Å². The molecule has 2 aromatic heterocycles. The first kappa shape index (κ1) is 16.4. The molecule has 0 aliphatic rings. The molecule has 0 fully saturated rings. The van der Waals surface area contributed by atoms with E-state index in [0.717, 1.165) is 6.42 Å². The molecule has 0 bridgehead atoms. The normalized spacial score (nSPS) is 12.9. The lowest BCUT2D eigenvalue weighted by atomic mass is 10.1. The molecule has 2 aromatic rings. The molecule has 0 saturated carbocycles. The largest absolute Gasteiger partial charge is 0.490 e. The number of alkyl halides is 2. The molecular weight excluding hydrogens is 290 g/mol. The Morgan fingerprint density at radius 2 is 2.09 bits per heavy atom. The Morgan fingerprint density at radius 3 is 2.68 bits per heavy atom. The summed E-state index contributed by atoms with van der Waals surface area (Å²) in [6, 6.07) is 2.93. The van der Waals surface area contributed by atoms with Crippen LogP contribution in [0, 0.1) is 5.92 Å². The first-order valence-electron chi connectivity index (χ1n) is 7.14. The summed E-state index contributed by atoms with van der Waals surface area (Å²) < 4.78 is 31.8. The number of nitrogens with zero attached hydrogens (tertiary/aromatic N) is 2. The molecule has 0 aliphatic heterocycles. The van der Waals surface area contributed by atoms with Crippen molar-refractivity contribution in [1.82, 2.24) is 15.2 Å². The van der Waals surface area contributed by atoms with Crippen molar-refractivity contribution in [2.24, 2.45) is 11.7 Å². The van der Waals surface area contributed by atoms with Gasteiger partial charge in [-0.25, -0.2) is 13.8 Å². The number of hydrogen-bond acceptors (Lipinski definition) is 4. The molecule has 120 valence electrons. The number of aromatic nitrogens is 3. The third kappa shape index (κ3) is 4.24. The van der Waals surface area contributed by atoms with Crippen LogP contribution in [0.5, 0.6) is 5.75 Å². The van der Waals surface area contributed by atoms with Gasteiger partial charge in [-0.1, -0.05) is 13.8 Å². The number of H-pyrrole nitrogens is 1. The van der Waals surface area contributed by atoms with Crippen molar-refractivity contribution in [2.45, 2.75) is 32.7 Å². The average Bonchev–Trinajstić information content (AvgIpc) is 2.98. The zero-order valence-electron chi connectivity index (χ0n) is 12.6. The first-order chi connectivity index (χ1) is 10.5. The van der Waals surface area contributed by atoms with E-state index in [-0.39, 0.29) is 24.1 Å². The van der Waals surface area contributed by atoms with Gasteiger partial charge in [-0.05, 0) is 24.5 Å². The van der Waals surface area contributed by atoms with Gasteiger partial charge in [-0.15, -0.1) is 0 Å². The SMILES string of the molecule is CC(C)C[C@H](N)COc1ccc(-c2cn[nH]c2)nc1C(F)F. The molecule has 0 amide bonds. The molecule has 3 N–H and O–H groups in total. The molecule has 0 unspecified atom stereocenters. The predicted octanol–water partition coefficient (Wildman–Crippen LogP) is 3.16. The highest BCUT2D eigenvalue weighted by atomic mass is 19.3. The van der Waals surface area contributed by atoms with E-state index in [2.05, 4.69) is 15.2 Å². The van der Waals surface area contributed by atoms with Gasteiger partial charge in [0.05, 0.1) is 11.9 Å². The lowest BCUT2D eigenvalue weighted by Gasteiger charge is -2.17. The summed E-state index contributed by atoms with van der Waals surface area (Å²) in [5, 5.41) is 6.41. The maximum Gasteiger partial charge on any atom is 0.284 e. The summed E-state index contributed by atoms with van der Waals surface area (Å²) in [7, 11) is 0. The van der Waals surface area contributed by atoms with Crippen LogP contribution in [0.15, 0.2) is 24.5 Å². The topological polar surface area (TPSA) is 76.8 Å². The second kappa shape index (κ2) is 7.31. The fraction of sp³-hybridized carbons (Fsp3) is 0.467. The molecule has 2 heterocycles. The van der Waals surface area contributed by atoms with Gasteiger partial charge in [0.1, 0.15) is 18.1 Å². The summed E-state index contributed by atoms with van der Waals surface area (Å²) in [4.78, 5) is 3.98. The number of rotatable bonds is 7. The number of ether oxygens (including phenoxy) is 1. The van der Waals surface area contributed by atoms with Crippen molar-refractivity contribution >= 4 is 0 Å². The standard InChI is InChI=1S/C15H20F2N4O/c1-9(2)5-11(18)8-22-13-4-3-12(10-6-19-20-7-10)21-14(13)15(16)17/h3-4,6-7,9,11,15H,5,8,18H2,1-2H3,(H,19,20)/t11-/m0/s1.